The Morgan fingerprint density at radius 2 is 1.62 bits per heavy atom. The molecule has 1 fully saturated rings. The van der Waals surface area contributed by atoms with Crippen LogP contribution in [0.4, 0.5) is 5.69 Å². The van der Waals surface area contributed by atoms with E-state index in [1.165, 1.54) is 0 Å². The molecule has 0 radical (unpaired) electrons. The van der Waals surface area contributed by atoms with Crippen molar-refractivity contribution in [2.75, 3.05) is 25.5 Å². The molecule has 3 rings (SSSR count). The Morgan fingerprint density at radius 3 is 2.24 bits per heavy atom. The van der Waals surface area contributed by atoms with Gasteiger partial charge in [0.1, 0.15) is 0 Å². The van der Waals surface area contributed by atoms with E-state index in [2.05, 4.69) is 10.6 Å². The molecule has 0 unspecified atom stereocenters. The maximum absolute atomic E-state index is 12.7. The lowest BCUT2D eigenvalue weighted by Crippen LogP contribution is -2.41. The highest BCUT2D eigenvalue weighted by Gasteiger charge is 2.28. The van der Waals surface area contributed by atoms with E-state index in [0.29, 0.717) is 47.8 Å². The van der Waals surface area contributed by atoms with Crippen LogP contribution in [0, 0.1) is 12.8 Å². The van der Waals surface area contributed by atoms with Crippen molar-refractivity contribution in [3.8, 4) is 0 Å². The average Bonchev–Trinajstić information content (AvgIpc) is 2.74. The number of halogens is 1. The van der Waals surface area contributed by atoms with Gasteiger partial charge in [-0.15, -0.1) is 0 Å². The molecule has 29 heavy (non-hydrogen) atoms. The summed E-state index contributed by atoms with van der Waals surface area (Å²) in [4.78, 5) is 38.9. The Kier molecular flexibility index (Phi) is 6.54. The molecule has 0 aliphatic carbocycles. The van der Waals surface area contributed by atoms with Crippen molar-refractivity contribution in [2.45, 2.75) is 19.8 Å². The molecule has 2 aromatic rings. The van der Waals surface area contributed by atoms with Gasteiger partial charge in [-0.05, 0) is 61.7 Å². The number of nitrogens with one attached hydrogen (secondary N) is 2. The van der Waals surface area contributed by atoms with E-state index in [9.17, 15) is 14.4 Å². The maximum Gasteiger partial charge on any atom is 0.253 e. The van der Waals surface area contributed by atoms with Crippen molar-refractivity contribution in [1.82, 2.24) is 10.2 Å². The van der Waals surface area contributed by atoms with E-state index < -0.39 is 0 Å². The van der Waals surface area contributed by atoms with Crippen molar-refractivity contribution >= 4 is 35.0 Å². The Morgan fingerprint density at radius 1 is 1.00 bits per heavy atom. The van der Waals surface area contributed by atoms with Crippen LogP contribution in [0.15, 0.2) is 42.5 Å². The lowest BCUT2D eigenvalue weighted by molar-refractivity contribution is -0.121. The first-order valence-electron chi connectivity index (χ1n) is 9.57. The van der Waals surface area contributed by atoms with E-state index in [-0.39, 0.29) is 23.6 Å². The molecule has 7 heteroatoms. The fraction of sp³-hybridized carbons (Fsp3) is 0.318. The normalized spacial score (nSPS) is 14.4. The number of rotatable bonds is 4. The van der Waals surface area contributed by atoms with Gasteiger partial charge in [0.05, 0.1) is 0 Å². The molecular weight excluding hydrogens is 390 g/mol. The SMILES string of the molecule is CNC(=O)c1ccc(C)c(NC(=O)C2CCN(C(=O)c3ccc(Cl)cc3)CC2)c1. The number of hydrogen-bond donors (Lipinski definition) is 2. The molecule has 1 heterocycles. The summed E-state index contributed by atoms with van der Waals surface area (Å²) in [7, 11) is 1.57. The van der Waals surface area contributed by atoms with Gasteiger partial charge in [-0.2, -0.15) is 0 Å². The number of likely N-dealkylation sites (tertiary alicyclic amines) is 1. The molecule has 6 nitrogen and oxygen atoms in total. The molecular formula is C22H24ClN3O3. The van der Waals surface area contributed by atoms with Gasteiger partial charge < -0.3 is 15.5 Å². The summed E-state index contributed by atoms with van der Waals surface area (Å²) in [5.41, 5.74) is 2.62. The van der Waals surface area contributed by atoms with Gasteiger partial charge in [0, 0.05) is 47.9 Å². The van der Waals surface area contributed by atoms with Crippen LogP contribution in [0.1, 0.15) is 39.1 Å². The maximum atomic E-state index is 12.7. The molecule has 1 saturated heterocycles. The van der Waals surface area contributed by atoms with Crippen LogP contribution in [0.2, 0.25) is 5.02 Å². The minimum absolute atomic E-state index is 0.0466. The monoisotopic (exact) mass is 413 g/mol. The summed E-state index contributed by atoms with van der Waals surface area (Å²) in [5, 5.41) is 6.11. The first kappa shape index (κ1) is 20.9. The number of amides is 3. The average molecular weight is 414 g/mol. The first-order chi connectivity index (χ1) is 13.9. The zero-order valence-electron chi connectivity index (χ0n) is 16.5. The van der Waals surface area contributed by atoms with E-state index in [1.54, 1.807) is 48.3 Å². The summed E-state index contributed by atoms with van der Waals surface area (Å²) >= 11 is 5.88. The van der Waals surface area contributed by atoms with Gasteiger partial charge in [0.15, 0.2) is 0 Å². The molecule has 1 aliphatic rings. The lowest BCUT2D eigenvalue weighted by Gasteiger charge is -2.31. The second-order valence-corrected chi connectivity index (χ2v) is 7.61. The quantitative estimate of drug-likeness (QED) is 0.805. The molecule has 3 amide bonds. The molecule has 1 aliphatic heterocycles. The van der Waals surface area contributed by atoms with E-state index in [4.69, 9.17) is 11.6 Å². The minimum atomic E-state index is -0.200. The summed E-state index contributed by atoms with van der Waals surface area (Å²) < 4.78 is 0. The van der Waals surface area contributed by atoms with Gasteiger partial charge in [-0.3, -0.25) is 14.4 Å². The van der Waals surface area contributed by atoms with Crippen LogP contribution in [-0.4, -0.2) is 42.8 Å². The third kappa shape index (κ3) is 4.95. The third-order valence-corrected chi connectivity index (χ3v) is 5.48. The van der Waals surface area contributed by atoms with Crippen LogP contribution >= 0.6 is 11.6 Å². The number of carbonyl (C=O) groups is 3. The molecule has 0 saturated carbocycles. The highest BCUT2D eigenvalue weighted by Crippen LogP contribution is 2.23. The second kappa shape index (κ2) is 9.09. The number of anilines is 1. The number of carbonyl (C=O) groups excluding carboxylic acids is 3. The third-order valence-electron chi connectivity index (χ3n) is 5.23. The zero-order chi connectivity index (χ0) is 21.0. The van der Waals surface area contributed by atoms with Crippen molar-refractivity contribution in [3.05, 3.63) is 64.2 Å². The minimum Gasteiger partial charge on any atom is -0.355 e. The Labute approximate surface area is 175 Å². The van der Waals surface area contributed by atoms with E-state index in [0.717, 1.165) is 5.56 Å². The summed E-state index contributed by atoms with van der Waals surface area (Å²) in [6.45, 7) is 2.93. The highest BCUT2D eigenvalue weighted by molar-refractivity contribution is 6.30. The largest absolute Gasteiger partial charge is 0.355 e. The van der Waals surface area contributed by atoms with Gasteiger partial charge in [-0.25, -0.2) is 0 Å². The molecule has 0 bridgehead atoms. The van der Waals surface area contributed by atoms with Crippen LogP contribution in [0.3, 0.4) is 0 Å². The lowest BCUT2D eigenvalue weighted by atomic mass is 9.95. The number of piperidine rings is 1. The predicted molar refractivity (Wildman–Crippen MR) is 113 cm³/mol. The number of benzene rings is 2. The highest BCUT2D eigenvalue weighted by atomic mass is 35.5. The smallest absolute Gasteiger partial charge is 0.253 e. The Bertz CT molecular complexity index is 919. The molecule has 152 valence electrons. The van der Waals surface area contributed by atoms with Crippen LogP contribution in [0.25, 0.3) is 0 Å². The van der Waals surface area contributed by atoms with Crippen LogP contribution in [-0.2, 0) is 4.79 Å². The molecule has 2 aromatic carbocycles. The zero-order valence-corrected chi connectivity index (χ0v) is 17.3. The topological polar surface area (TPSA) is 78.5 Å². The molecule has 0 spiro atoms. The van der Waals surface area contributed by atoms with E-state index >= 15 is 0 Å². The first-order valence-corrected chi connectivity index (χ1v) is 9.95. The van der Waals surface area contributed by atoms with Gasteiger partial charge in [0.2, 0.25) is 5.91 Å². The summed E-state index contributed by atoms with van der Waals surface area (Å²) in [6, 6.07) is 12.1. The van der Waals surface area contributed by atoms with E-state index in [1.807, 2.05) is 13.0 Å². The predicted octanol–water partition coefficient (Wildman–Crippen LogP) is 3.50. The number of aryl methyl sites for hydroxylation is 1. The Balaban J connectivity index is 1.60. The summed E-state index contributed by atoms with van der Waals surface area (Å²) in [5.74, 6) is -0.503. The molecule has 2 N–H and O–H groups in total. The number of nitrogens with zero attached hydrogens (tertiary/aromatic N) is 1. The van der Waals surface area contributed by atoms with Crippen molar-refractivity contribution in [2.24, 2.45) is 5.92 Å². The van der Waals surface area contributed by atoms with Crippen molar-refractivity contribution in [1.29, 1.82) is 0 Å². The van der Waals surface area contributed by atoms with Crippen molar-refractivity contribution < 1.29 is 14.4 Å². The fourth-order valence-electron chi connectivity index (χ4n) is 3.40. The standard InChI is InChI=1S/C22H24ClN3O3/c1-14-3-4-17(20(27)24-2)13-19(14)25-21(28)15-9-11-26(12-10-15)22(29)16-5-7-18(23)8-6-16/h3-8,13,15H,9-12H2,1-2H3,(H,24,27)(H,25,28). The summed E-state index contributed by atoms with van der Waals surface area (Å²) in [6.07, 6.45) is 1.19. The Hall–Kier alpha value is -2.86. The fourth-order valence-corrected chi connectivity index (χ4v) is 3.52. The van der Waals surface area contributed by atoms with Crippen LogP contribution in [0.5, 0.6) is 0 Å². The molecule has 0 atom stereocenters. The van der Waals surface area contributed by atoms with Gasteiger partial charge in [-0.1, -0.05) is 17.7 Å². The molecule has 0 aromatic heterocycles. The number of hydrogen-bond acceptors (Lipinski definition) is 3. The second-order valence-electron chi connectivity index (χ2n) is 7.17. The van der Waals surface area contributed by atoms with Crippen molar-refractivity contribution in [3.63, 3.8) is 0 Å². The van der Waals surface area contributed by atoms with Crippen LogP contribution < -0.4 is 10.6 Å². The van der Waals surface area contributed by atoms with Gasteiger partial charge >= 0.3 is 0 Å². The van der Waals surface area contributed by atoms with Gasteiger partial charge in [0.25, 0.3) is 11.8 Å².